The normalized spacial score (nSPS) is 10.1. The summed E-state index contributed by atoms with van der Waals surface area (Å²) in [6, 6.07) is 5.23. The maximum Gasteiger partial charge on any atom is 0.269 e. The molecule has 1 aromatic rings. The van der Waals surface area contributed by atoms with Crippen LogP contribution >= 0.6 is 15.9 Å². The molecule has 0 aliphatic carbocycles. The summed E-state index contributed by atoms with van der Waals surface area (Å²) < 4.78 is 0.653. The Kier molecular flexibility index (Phi) is 6.03. The average molecular weight is 287 g/mol. The van der Waals surface area contributed by atoms with Gasteiger partial charge in [-0.15, -0.1) is 0 Å². The number of aliphatic hydroxyl groups is 1. The van der Waals surface area contributed by atoms with Crippen LogP contribution in [0.15, 0.2) is 22.8 Å². The van der Waals surface area contributed by atoms with E-state index in [1.54, 1.807) is 18.2 Å². The van der Waals surface area contributed by atoms with Gasteiger partial charge in [-0.25, -0.2) is 4.98 Å². The lowest BCUT2D eigenvalue weighted by atomic mass is 10.2. The molecule has 0 unspecified atom stereocenters. The molecule has 0 radical (unpaired) electrons. The number of pyridine rings is 1. The minimum Gasteiger partial charge on any atom is -0.396 e. The van der Waals surface area contributed by atoms with E-state index in [-0.39, 0.29) is 12.5 Å². The van der Waals surface area contributed by atoms with E-state index in [9.17, 15) is 4.79 Å². The molecule has 1 amide bonds. The third kappa shape index (κ3) is 4.72. The summed E-state index contributed by atoms with van der Waals surface area (Å²) in [5.41, 5.74) is 0.413. The fraction of sp³-hybridized carbons (Fsp3) is 0.455. The molecule has 88 valence electrons. The number of nitrogens with zero attached hydrogens (tertiary/aromatic N) is 1. The number of rotatable bonds is 6. The van der Waals surface area contributed by atoms with Gasteiger partial charge in [0.1, 0.15) is 10.3 Å². The van der Waals surface area contributed by atoms with Crippen LogP contribution < -0.4 is 5.32 Å². The molecule has 0 fully saturated rings. The molecule has 0 saturated carbocycles. The molecule has 0 spiro atoms. The van der Waals surface area contributed by atoms with Crippen LogP contribution in [0.1, 0.15) is 29.8 Å². The zero-order valence-electron chi connectivity index (χ0n) is 8.95. The van der Waals surface area contributed by atoms with Crippen LogP contribution in [0.25, 0.3) is 0 Å². The van der Waals surface area contributed by atoms with Crippen molar-refractivity contribution in [1.29, 1.82) is 0 Å². The predicted molar refractivity (Wildman–Crippen MR) is 65.2 cm³/mol. The fourth-order valence-electron chi connectivity index (χ4n) is 1.24. The third-order valence-corrected chi connectivity index (χ3v) is 2.51. The van der Waals surface area contributed by atoms with Crippen molar-refractivity contribution < 1.29 is 9.90 Å². The Morgan fingerprint density at radius 2 is 2.19 bits per heavy atom. The van der Waals surface area contributed by atoms with E-state index >= 15 is 0 Å². The number of amides is 1. The van der Waals surface area contributed by atoms with Crippen LogP contribution in [0.4, 0.5) is 0 Å². The van der Waals surface area contributed by atoms with Gasteiger partial charge >= 0.3 is 0 Å². The average Bonchev–Trinajstić information content (AvgIpc) is 2.28. The highest BCUT2D eigenvalue weighted by Crippen LogP contribution is 2.06. The van der Waals surface area contributed by atoms with Gasteiger partial charge in [0.2, 0.25) is 0 Å². The smallest absolute Gasteiger partial charge is 0.269 e. The quantitative estimate of drug-likeness (QED) is 0.619. The van der Waals surface area contributed by atoms with Crippen LogP contribution in [0.5, 0.6) is 0 Å². The van der Waals surface area contributed by atoms with Crippen LogP contribution in [0, 0.1) is 0 Å². The maximum atomic E-state index is 11.6. The molecule has 1 aromatic heterocycles. The molecule has 16 heavy (non-hydrogen) atoms. The van der Waals surface area contributed by atoms with E-state index in [0.29, 0.717) is 16.8 Å². The molecule has 0 aliphatic rings. The second-order valence-corrected chi connectivity index (χ2v) is 4.20. The number of hydrogen-bond acceptors (Lipinski definition) is 3. The van der Waals surface area contributed by atoms with Crippen molar-refractivity contribution >= 4 is 21.8 Å². The van der Waals surface area contributed by atoms with Gasteiger partial charge in [-0.2, -0.15) is 0 Å². The molecular weight excluding hydrogens is 272 g/mol. The number of aliphatic hydroxyl groups excluding tert-OH is 1. The van der Waals surface area contributed by atoms with Crippen molar-refractivity contribution in [3.05, 3.63) is 28.5 Å². The van der Waals surface area contributed by atoms with Gasteiger partial charge in [-0.3, -0.25) is 4.79 Å². The first kappa shape index (κ1) is 13.1. The second-order valence-electron chi connectivity index (χ2n) is 3.39. The largest absolute Gasteiger partial charge is 0.396 e. The van der Waals surface area contributed by atoms with Crippen LogP contribution in [-0.2, 0) is 0 Å². The second kappa shape index (κ2) is 7.35. The van der Waals surface area contributed by atoms with E-state index in [4.69, 9.17) is 5.11 Å². The first-order valence-electron chi connectivity index (χ1n) is 5.25. The highest BCUT2D eigenvalue weighted by Gasteiger charge is 2.05. The molecule has 0 aromatic carbocycles. The van der Waals surface area contributed by atoms with E-state index < -0.39 is 0 Å². The molecule has 4 nitrogen and oxygen atoms in total. The van der Waals surface area contributed by atoms with Gasteiger partial charge in [0, 0.05) is 13.2 Å². The Bertz CT molecular complexity index is 345. The van der Waals surface area contributed by atoms with Gasteiger partial charge in [0.25, 0.3) is 5.91 Å². The number of carbonyl (C=O) groups excluding carboxylic acids is 1. The summed E-state index contributed by atoms with van der Waals surface area (Å²) in [5.74, 6) is -0.162. The summed E-state index contributed by atoms with van der Waals surface area (Å²) in [7, 11) is 0. The van der Waals surface area contributed by atoms with Crippen molar-refractivity contribution in [3.8, 4) is 0 Å². The topological polar surface area (TPSA) is 62.2 Å². The van der Waals surface area contributed by atoms with E-state index in [0.717, 1.165) is 19.3 Å². The summed E-state index contributed by atoms with van der Waals surface area (Å²) in [5, 5.41) is 11.4. The molecule has 1 heterocycles. The van der Waals surface area contributed by atoms with Crippen LogP contribution in [0.2, 0.25) is 0 Å². The first-order chi connectivity index (χ1) is 7.74. The number of aromatic nitrogens is 1. The number of carbonyl (C=O) groups is 1. The van der Waals surface area contributed by atoms with Crippen molar-refractivity contribution in [2.24, 2.45) is 0 Å². The summed E-state index contributed by atoms with van der Waals surface area (Å²) >= 11 is 3.21. The number of hydrogen-bond donors (Lipinski definition) is 2. The maximum absolute atomic E-state index is 11.6. The van der Waals surface area contributed by atoms with Crippen LogP contribution in [-0.4, -0.2) is 29.1 Å². The fourth-order valence-corrected chi connectivity index (χ4v) is 1.58. The summed E-state index contributed by atoms with van der Waals surface area (Å²) in [6.07, 6.45) is 2.58. The van der Waals surface area contributed by atoms with E-state index in [1.165, 1.54) is 0 Å². The molecule has 2 N–H and O–H groups in total. The predicted octanol–water partition coefficient (Wildman–Crippen LogP) is 1.74. The van der Waals surface area contributed by atoms with Gasteiger partial charge in [0.05, 0.1) is 0 Å². The van der Waals surface area contributed by atoms with Crippen molar-refractivity contribution in [2.75, 3.05) is 13.2 Å². The van der Waals surface area contributed by atoms with Crippen molar-refractivity contribution in [3.63, 3.8) is 0 Å². The van der Waals surface area contributed by atoms with Crippen molar-refractivity contribution in [2.45, 2.75) is 19.3 Å². The third-order valence-electron chi connectivity index (χ3n) is 2.07. The Morgan fingerprint density at radius 1 is 1.38 bits per heavy atom. The number of unbranched alkanes of at least 4 members (excludes halogenated alkanes) is 2. The number of nitrogens with one attached hydrogen (secondary N) is 1. The lowest BCUT2D eigenvalue weighted by Crippen LogP contribution is -2.25. The Labute approximate surface area is 103 Å². The zero-order valence-corrected chi connectivity index (χ0v) is 10.5. The summed E-state index contributed by atoms with van der Waals surface area (Å²) in [4.78, 5) is 15.6. The van der Waals surface area contributed by atoms with Gasteiger partial charge in [-0.05, 0) is 47.3 Å². The minimum absolute atomic E-state index is 0.162. The van der Waals surface area contributed by atoms with Gasteiger partial charge in [-0.1, -0.05) is 6.07 Å². The molecule has 1 rings (SSSR count). The first-order valence-corrected chi connectivity index (χ1v) is 6.05. The van der Waals surface area contributed by atoms with Crippen molar-refractivity contribution in [1.82, 2.24) is 10.3 Å². The van der Waals surface area contributed by atoms with Gasteiger partial charge in [0.15, 0.2) is 0 Å². The number of halogens is 1. The Hall–Kier alpha value is -0.940. The molecule has 0 atom stereocenters. The molecule has 0 saturated heterocycles. The van der Waals surface area contributed by atoms with Crippen LogP contribution in [0.3, 0.4) is 0 Å². The highest BCUT2D eigenvalue weighted by atomic mass is 79.9. The minimum atomic E-state index is -0.162. The SMILES string of the molecule is O=C(NCCCCCO)c1cccc(Br)n1. The highest BCUT2D eigenvalue weighted by molar-refractivity contribution is 9.10. The molecular formula is C11H15BrN2O2. The van der Waals surface area contributed by atoms with Gasteiger partial charge < -0.3 is 10.4 Å². The van der Waals surface area contributed by atoms with E-state index in [1.807, 2.05) is 0 Å². The molecule has 0 aliphatic heterocycles. The lowest BCUT2D eigenvalue weighted by Gasteiger charge is -2.04. The Morgan fingerprint density at radius 3 is 2.88 bits per heavy atom. The summed E-state index contributed by atoms with van der Waals surface area (Å²) in [6.45, 7) is 0.828. The zero-order chi connectivity index (χ0) is 11.8. The molecule has 0 bridgehead atoms. The Balaban J connectivity index is 2.30. The lowest BCUT2D eigenvalue weighted by molar-refractivity contribution is 0.0947. The monoisotopic (exact) mass is 286 g/mol. The van der Waals surface area contributed by atoms with E-state index in [2.05, 4.69) is 26.2 Å². The molecule has 5 heteroatoms. The standard InChI is InChI=1S/C11H15BrN2O2/c12-10-6-4-5-9(14-10)11(16)13-7-2-1-3-8-15/h4-6,15H,1-3,7-8H2,(H,13,16).